The minimum atomic E-state index is -0.515. The van der Waals surface area contributed by atoms with E-state index in [1.807, 2.05) is 12.1 Å². The van der Waals surface area contributed by atoms with Gasteiger partial charge in [0.15, 0.2) is 10.8 Å². The van der Waals surface area contributed by atoms with Crippen molar-refractivity contribution in [1.29, 1.82) is 0 Å². The second kappa shape index (κ2) is 5.07. The van der Waals surface area contributed by atoms with E-state index in [4.69, 9.17) is 11.6 Å². The van der Waals surface area contributed by atoms with Crippen LogP contribution in [0.2, 0.25) is 5.15 Å². The Morgan fingerprint density at radius 1 is 1.45 bits per heavy atom. The van der Waals surface area contributed by atoms with Gasteiger partial charge in [0.05, 0.1) is 12.1 Å². The molecule has 106 valence electrons. The number of hydrogen-bond donors (Lipinski definition) is 2. The van der Waals surface area contributed by atoms with E-state index in [-0.39, 0.29) is 17.7 Å². The topological polar surface area (TPSA) is 66.6 Å². The maximum absolute atomic E-state index is 12.5. The summed E-state index contributed by atoms with van der Waals surface area (Å²) >= 11 is 6.08. The van der Waals surface area contributed by atoms with Crippen LogP contribution in [-0.2, 0) is 0 Å². The first-order chi connectivity index (χ1) is 9.65. The Labute approximate surface area is 121 Å². The Kier molecular flexibility index (Phi) is 3.40. The predicted octanol–water partition coefficient (Wildman–Crippen LogP) is 2.02. The number of aromatic nitrogens is 2. The monoisotopic (exact) mass is 293 g/mol. The van der Waals surface area contributed by atoms with Crippen molar-refractivity contribution in [2.75, 3.05) is 6.61 Å². The minimum absolute atomic E-state index is 0.0485. The van der Waals surface area contributed by atoms with E-state index in [1.54, 1.807) is 16.7 Å². The number of nitrogens with zero attached hydrogens (tertiary/aromatic N) is 2. The second-order valence-corrected chi connectivity index (χ2v) is 5.64. The van der Waals surface area contributed by atoms with Crippen molar-refractivity contribution in [2.45, 2.75) is 31.2 Å². The van der Waals surface area contributed by atoms with Gasteiger partial charge in [-0.3, -0.25) is 9.20 Å². The molecule has 2 heterocycles. The van der Waals surface area contributed by atoms with Gasteiger partial charge in [-0.1, -0.05) is 30.5 Å². The average molecular weight is 294 g/mol. The number of fused-ring (bicyclic) bond motifs is 1. The number of carbonyl (C=O) groups is 1. The Balaban J connectivity index is 1.94. The van der Waals surface area contributed by atoms with E-state index in [0.717, 1.165) is 25.7 Å². The first-order valence-corrected chi connectivity index (χ1v) is 7.09. The quantitative estimate of drug-likeness (QED) is 0.910. The molecule has 1 amide bonds. The van der Waals surface area contributed by atoms with E-state index in [1.165, 1.54) is 0 Å². The lowest BCUT2D eigenvalue weighted by Crippen LogP contribution is -2.49. The van der Waals surface area contributed by atoms with E-state index < -0.39 is 5.54 Å². The number of rotatable bonds is 3. The molecule has 5 nitrogen and oxygen atoms in total. The van der Waals surface area contributed by atoms with Gasteiger partial charge in [0.2, 0.25) is 0 Å². The zero-order chi connectivity index (χ0) is 14.2. The van der Waals surface area contributed by atoms with Gasteiger partial charge in [-0.2, -0.15) is 0 Å². The van der Waals surface area contributed by atoms with E-state index >= 15 is 0 Å². The Hall–Kier alpha value is -1.59. The molecule has 0 aromatic carbocycles. The van der Waals surface area contributed by atoms with Crippen LogP contribution in [0.5, 0.6) is 0 Å². The Morgan fingerprint density at radius 2 is 2.20 bits per heavy atom. The lowest BCUT2D eigenvalue weighted by atomic mass is 9.99. The highest BCUT2D eigenvalue weighted by molar-refractivity contribution is 6.32. The number of halogens is 1. The lowest BCUT2D eigenvalue weighted by Gasteiger charge is -2.27. The van der Waals surface area contributed by atoms with Gasteiger partial charge >= 0.3 is 0 Å². The summed E-state index contributed by atoms with van der Waals surface area (Å²) in [6.45, 7) is -0.0485. The molecule has 1 aliphatic rings. The van der Waals surface area contributed by atoms with E-state index in [0.29, 0.717) is 11.3 Å². The third-order valence-electron chi connectivity index (χ3n) is 3.94. The smallest absolute Gasteiger partial charge is 0.272 e. The van der Waals surface area contributed by atoms with Crippen molar-refractivity contribution in [3.8, 4) is 0 Å². The first kappa shape index (κ1) is 13.4. The molecule has 6 heteroatoms. The summed E-state index contributed by atoms with van der Waals surface area (Å²) in [6, 6.07) is 5.45. The highest BCUT2D eigenvalue weighted by Gasteiger charge is 2.36. The molecule has 1 aliphatic carbocycles. The summed E-state index contributed by atoms with van der Waals surface area (Å²) in [7, 11) is 0. The zero-order valence-electron chi connectivity index (χ0n) is 11.0. The molecule has 1 saturated carbocycles. The maximum Gasteiger partial charge on any atom is 0.272 e. The molecule has 0 unspecified atom stereocenters. The van der Waals surface area contributed by atoms with Gasteiger partial charge < -0.3 is 10.4 Å². The lowest BCUT2D eigenvalue weighted by molar-refractivity contribution is 0.0832. The molecule has 2 aromatic rings. The minimum Gasteiger partial charge on any atom is -0.394 e. The van der Waals surface area contributed by atoms with Crippen molar-refractivity contribution in [3.63, 3.8) is 0 Å². The molecule has 0 aliphatic heterocycles. The van der Waals surface area contributed by atoms with Crippen LogP contribution < -0.4 is 5.32 Å². The number of carbonyl (C=O) groups excluding carboxylic acids is 1. The highest BCUT2D eigenvalue weighted by Crippen LogP contribution is 2.30. The van der Waals surface area contributed by atoms with Gasteiger partial charge in [-0.25, -0.2) is 4.98 Å². The molecule has 2 aromatic heterocycles. The molecular formula is C14H16ClN3O2. The van der Waals surface area contributed by atoms with Gasteiger partial charge in [0.25, 0.3) is 5.91 Å². The molecule has 0 radical (unpaired) electrons. The van der Waals surface area contributed by atoms with Crippen LogP contribution in [0.3, 0.4) is 0 Å². The summed E-state index contributed by atoms with van der Waals surface area (Å²) in [6.07, 6.45) is 5.38. The summed E-state index contributed by atoms with van der Waals surface area (Å²) in [5, 5.41) is 12.7. The van der Waals surface area contributed by atoms with Crippen LogP contribution >= 0.6 is 11.6 Å². The van der Waals surface area contributed by atoms with Crippen molar-refractivity contribution < 1.29 is 9.90 Å². The first-order valence-electron chi connectivity index (χ1n) is 6.71. The van der Waals surface area contributed by atoms with Crippen molar-refractivity contribution >= 4 is 23.2 Å². The van der Waals surface area contributed by atoms with Gasteiger partial charge in [-0.05, 0) is 25.0 Å². The summed E-state index contributed by atoms with van der Waals surface area (Å²) < 4.78 is 1.66. The third kappa shape index (κ3) is 2.17. The number of pyridine rings is 1. The largest absolute Gasteiger partial charge is 0.394 e. The number of nitrogens with one attached hydrogen (secondary N) is 1. The average Bonchev–Trinajstić information content (AvgIpc) is 3.02. The number of aliphatic hydroxyl groups is 1. The predicted molar refractivity (Wildman–Crippen MR) is 76.0 cm³/mol. The Bertz CT molecular complexity index is 647. The number of aliphatic hydroxyl groups excluding tert-OH is 1. The Morgan fingerprint density at radius 3 is 2.90 bits per heavy atom. The number of hydrogen-bond acceptors (Lipinski definition) is 3. The highest BCUT2D eigenvalue weighted by atomic mass is 35.5. The van der Waals surface area contributed by atoms with Crippen LogP contribution in [0, 0.1) is 0 Å². The molecule has 1 fully saturated rings. The van der Waals surface area contributed by atoms with Crippen molar-refractivity contribution in [1.82, 2.24) is 14.7 Å². The van der Waals surface area contributed by atoms with Crippen molar-refractivity contribution in [3.05, 3.63) is 35.2 Å². The maximum atomic E-state index is 12.5. The van der Waals surface area contributed by atoms with Crippen LogP contribution in [0.25, 0.3) is 5.65 Å². The normalized spacial score (nSPS) is 17.5. The molecule has 3 rings (SSSR count). The number of imidazole rings is 1. The fourth-order valence-electron chi connectivity index (χ4n) is 2.84. The molecule has 0 spiro atoms. The fraction of sp³-hybridized carbons (Fsp3) is 0.429. The van der Waals surface area contributed by atoms with Crippen LogP contribution in [0.15, 0.2) is 24.4 Å². The SMILES string of the molecule is O=C(NC1(CO)CCCC1)c1c(Cl)nc2ccccn12. The van der Waals surface area contributed by atoms with Crippen LogP contribution in [-0.4, -0.2) is 32.5 Å². The van der Waals surface area contributed by atoms with Gasteiger partial charge in [0, 0.05) is 6.20 Å². The second-order valence-electron chi connectivity index (χ2n) is 5.28. The van der Waals surface area contributed by atoms with E-state index in [2.05, 4.69) is 10.3 Å². The molecule has 0 atom stereocenters. The van der Waals surface area contributed by atoms with Gasteiger partial charge in [0.1, 0.15) is 5.65 Å². The molecule has 0 bridgehead atoms. The molecule has 0 saturated heterocycles. The third-order valence-corrected chi connectivity index (χ3v) is 4.21. The zero-order valence-corrected chi connectivity index (χ0v) is 11.7. The summed E-state index contributed by atoms with van der Waals surface area (Å²) in [5.41, 5.74) is 0.438. The van der Waals surface area contributed by atoms with Crippen molar-refractivity contribution in [2.24, 2.45) is 0 Å². The number of amides is 1. The summed E-state index contributed by atoms with van der Waals surface area (Å²) in [5.74, 6) is -0.287. The molecular weight excluding hydrogens is 278 g/mol. The molecule has 2 N–H and O–H groups in total. The van der Waals surface area contributed by atoms with Crippen LogP contribution in [0.1, 0.15) is 36.2 Å². The van der Waals surface area contributed by atoms with Crippen LogP contribution in [0.4, 0.5) is 0 Å². The fourth-order valence-corrected chi connectivity index (χ4v) is 3.11. The standard InChI is InChI=1S/C14H16ClN3O2/c15-12-11(18-8-4-1-5-10(18)16-12)13(20)17-14(9-19)6-2-3-7-14/h1,4-5,8,19H,2-3,6-7,9H2,(H,17,20). The van der Waals surface area contributed by atoms with Gasteiger partial charge in [-0.15, -0.1) is 0 Å². The van der Waals surface area contributed by atoms with E-state index in [9.17, 15) is 9.90 Å². The summed E-state index contributed by atoms with van der Waals surface area (Å²) in [4.78, 5) is 16.7. The molecule has 20 heavy (non-hydrogen) atoms.